The molecule has 8 rings (SSSR count). The minimum atomic E-state index is -4.13. The molecule has 1 heterocycles. The Balaban J connectivity index is 1.48. The zero-order valence-electron chi connectivity index (χ0n) is 32.5. The smallest absolute Gasteiger partial charge is 0.256 e. The molecule has 0 aliphatic carbocycles. The molecule has 0 amide bonds. The summed E-state index contributed by atoms with van der Waals surface area (Å²) in [7, 11) is -4.63. The van der Waals surface area contributed by atoms with E-state index in [1.807, 2.05) is 67.6 Å². The van der Waals surface area contributed by atoms with E-state index in [9.17, 15) is 0 Å². The number of unbranched alkanes of at least 4 members (excludes halogenated alkanes) is 2. The predicted molar refractivity (Wildman–Crippen MR) is 238 cm³/mol. The maximum absolute atomic E-state index is 15.5. The van der Waals surface area contributed by atoms with Crippen molar-refractivity contribution in [2.45, 2.75) is 63.4 Å². The van der Waals surface area contributed by atoms with Crippen LogP contribution in [0.5, 0.6) is 0 Å². The molecule has 4 nitrogen and oxygen atoms in total. The van der Waals surface area contributed by atoms with Crippen LogP contribution in [0.1, 0.15) is 73.9 Å². The van der Waals surface area contributed by atoms with Crippen molar-refractivity contribution in [3.8, 4) is 11.1 Å². The number of amidine groups is 1. The van der Waals surface area contributed by atoms with Crippen molar-refractivity contribution in [2.24, 2.45) is 4.99 Å². The van der Waals surface area contributed by atoms with Crippen LogP contribution in [0.3, 0.4) is 0 Å². The van der Waals surface area contributed by atoms with Crippen molar-refractivity contribution < 1.29 is 8.42 Å². The van der Waals surface area contributed by atoms with Gasteiger partial charge in [0.15, 0.2) is 0 Å². The molecule has 0 radical (unpaired) electrons. The van der Waals surface area contributed by atoms with E-state index in [4.69, 9.17) is 4.99 Å². The number of rotatable bonds is 13. The average Bonchev–Trinajstić information content (AvgIpc) is 3.66. The van der Waals surface area contributed by atoms with Gasteiger partial charge in [0.25, 0.3) is 10.0 Å². The predicted octanol–water partition coefficient (Wildman–Crippen LogP) is 12.6. The van der Waals surface area contributed by atoms with Crippen molar-refractivity contribution in [3.63, 3.8) is 0 Å². The second kappa shape index (κ2) is 16.6. The summed E-state index contributed by atoms with van der Waals surface area (Å²) in [6.07, 6.45) is 6.99. The van der Waals surface area contributed by atoms with Gasteiger partial charge in [-0.25, -0.2) is 12.7 Å². The minimum Gasteiger partial charge on any atom is -0.256 e. The second-order valence-electron chi connectivity index (χ2n) is 14.9. The lowest BCUT2D eigenvalue weighted by Crippen LogP contribution is -2.38. The van der Waals surface area contributed by atoms with Crippen LogP contribution in [0.25, 0.3) is 32.7 Å². The van der Waals surface area contributed by atoms with E-state index in [2.05, 4.69) is 98.8 Å². The van der Waals surface area contributed by atoms with Gasteiger partial charge in [-0.15, -0.1) is 0 Å². The van der Waals surface area contributed by atoms with Crippen molar-refractivity contribution in [1.82, 2.24) is 4.31 Å². The van der Waals surface area contributed by atoms with Gasteiger partial charge in [0.2, 0.25) is 0 Å². The Labute approximate surface area is 333 Å². The van der Waals surface area contributed by atoms with Gasteiger partial charge in [-0.2, -0.15) is 0 Å². The molecule has 0 aromatic heterocycles. The van der Waals surface area contributed by atoms with Gasteiger partial charge in [0, 0.05) is 11.1 Å². The third-order valence-corrected chi connectivity index (χ3v) is 15.7. The van der Waals surface area contributed by atoms with Crippen molar-refractivity contribution >= 4 is 50.6 Å². The fraction of sp³-hybridized carbons (Fsp3) is 0.220. The summed E-state index contributed by atoms with van der Waals surface area (Å²) in [4.78, 5) is 5.84. The number of hydrogen-bond acceptors (Lipinski definition) is 3. The van der Waals surface area contributed by atoms with Gasteiger partial charge in [-0.3, -0.25) is 4.99 Å². The van der Waals surface area contributed by atoms with Crippen LogP contribution in [0.15, 0.2) is 168 Å². The molecule has 0 saturated heterocycles. The van der Waals surface area contributed by atoms with Crippen LogP contribution in [-0.4, -0.2) is 30.9 Å². The fourth-order valence-corrected chi connectivity index (χ4v) is 12.8. The monoisotopic (exact) mass is 772 g/mol. The number of aryl methyl sites for hydroxylation is 1. The van der Waals surface area contributed by atoms with Crippen LogP contribution in [0.4, 0.5) is 0 Å². The van der Waals surface area contributed by atoms with Crippen LogP contribution in [-0.2, 0) is 10.0 Å². The largest absolute Gasteiger partial charge is 0.266 e. The number of sulfonamides is 1. The Kier molecular flexibility index (Phi) is 11.2. The Morgan fingerprint density at radius 2 is 1.12 bits per heavy atom. The topological polar surface area (TPSA) is 49.7 Å². The van der Waals surface area contributed by atoms with Gasteiger partial charge >= 0.3 is 0 Å². The number of aliphatic imine (C=N–C) groups is 1. The Bertz CT molecular complexity index is 2600. The van der Waals surface area contributed by atoms with E-state index in [1.165, 1.54) is 34.5 Å². The van der Waals surface area contributed by atoms with E-state index >= 15 is 8.42 Å². The number of nitrogens with zero attached hydrogens (tertiary/aromatic N) is 2. The lowest BCUT2D eigenvalue weighted by Gasteiger charge is -2.31. The molecule has 0 spiro atoms. The molecular formula is C50H49N2O2PS. The summed E-state index contributed by atoms with van der Waals surface area (Å²) in [5.41, 5.74) is 5.96. The van der Waals surface area contributed by atoms with Crippen LogP contribution in [0, 0.1) is 6.92 Å². The molecule has 2 atom stereocenters. The Morgan fingerprint density at radius 1 is 0.589 bits per heavy atom. The van der Waals surface area contributed by atoms with Gasteiger partial charge in [0.1, 0.15) is 11.9 Å². The molecule has 7 aromatic rings. The molecular weight excluding hydrogens is 724 g/mol. The highest BCUT2D eigenvalue weighted by molar-refractivity contribution is 7.89. The molecule has 0 N–H and O–H groups in total. The SMILES string of the molecule is CCCCP(CCCC)c1ccc2ccccc2c1-c1c(C2=N[C@H](c3ccccc3)[C@@H](c3ccccc3)N2S(=O)(=O)c2ccc(C)cc2)ccc2ccccc12. The first kappa shape index (κ1) is 37.8. The Hall–Kier alpha value is -5.09. The summed E-state index contributed by atoms with van der Waals surface area (Å²) in [5, 5.41) is 5.96. The van der Waals surface area contributed by atoms with Crippen LogP contribution >= 0.6 is 7.92 Å². The highest BCUT2D eigenvalue weighted by atomic mass is 32.2. The quantitative estimate of drug-likeness (QED) is 0.110. The van der Waals surface area contributed by atoms with E-state index in [-0.39, 0.29) is 4.90 Å². The summed E-state index contributed by atoms with van der Waals surface area (Å²) >= 11 is 0. The average molecular weight is 773 g/mol. The standard InChI is InChI=1S/C50H49N2O2PS/c1-4-6-34-55(35-7-5-2)45-33-29-38-19-15-17-25-43(38)47(45)46-42-24-16-14-18-37(42)28-32-44(46)50-51-48(39-20-10-8-11-21-39)49(40-22-12-9-13-23-40)52(50)56(53,54)41-30-26-36(3)27-31-41/h8-33,48-49H,4-7,34-35H2,1-3H3/t48-,49-/m1/s1. The summed E-state index contributed by atoms with van der Waals surface area (Å²) < 4.78 is 32.6. The molecule has 0 unspecified atom stereocenters. The fourth-order valence-electron chi connectivity index (χ4n) is 8.23. The minimum absolute atomic E-state index is 0.251. The van der Waals surface area contributed by atoms with E-state index in [1.54, 1.807) is 16.4 Å². The summed E-state index contributed by atoms with van der Waals surface area (Å²) in [6.45, 7) is 6.55. The first-order valence-electron chi connectivity index (χ1n) is 20.0. The maximum Gasteiger partial charge on any atom is 0.266 e. The maximum atomic E-state index is 15.5. The highest BCUT2D eigenvalue weighted by Crippen LogP contribution is 2.50. The normalized spacial score (nSPS) is 15.9. The van der Waals surface area contributed by atoms with Crippen molar-refractivity contribution in [1.29, 1.82) is 0 Å². The van der Waals surface area contributed by atoms with Crippen LogP contribution in [0.2, 0.25) is 0 Å². The van der Waals surface area contributed by atoms with Gasteiger partial charge in [-0.05, 0) is 93.8 Å². The van der Waals surface area contributed by atoms with Gasteiger partial charge in [0.05, 0.1) is 10.9 Å². The summed E-state index contributed by atoms with van der Waals surface area (Å²) in [6, 6.07) is 52.6. The van der Waals surface area contributed by atoms with Gasteiger partial charge < -0.3 is 0 Å². The lowest BCUT2D eigenvalue weighted by atomic mass is 9.89. The first-order chi connectivity index (χ1) is 27.4. The molecule has 1 aliphatic rings. The molecule has 56 heavy (non-hydrogen) atoms. The lowest BCUT2D eigenvalue weighted by molar-refractivity contribution is 0.420. The molecule has 7 aromatic carbocycles. The molecule has 0 saturated carbocycles. The molecule has 0 fully saturated rings. The number of benzene rings is 7. The Morgan fingerprint density at radius 3 is 1.73 bits per heavy atom. The van der Waals surface area contributed by atoms with Gasteiger partial charge in [-0.1, -0.05) is 180 Å². The van der Waals surface area contributed by atoms with Crippen LogP contribution < -0.4 is 5.30 Å². The number of hydrogen-bond donors (Lipinski definition) is 0. The van der Waals surface area contributed by atoms with Crippen molar-refractivity contribution in [2.75, 3.05) is 12.3 Å². The first-order valence-corrected chi connectivity index (χ1v) is 23.1. The van der Waals surface area contributed by atoms with E-state index in [0.717, 1.165) is 63.8 Å². The highest BCUT2D eigenvalue weighted by Gasteiger charge is 2.46. The number of fused-ring (bicyclic) bond motifs is 2. The van der Waals surface area contributed by atoms with Crippen molar-refractivity contribution in [3.05, 3.63) is 180 Å². The second-order valence-corrected chi connectivity index (χ2v) is 19.1. The molecule has 6 heteroatoms. The van der Waals surface area contributed by atoms with E-state index < -0.39 is 30.0 Å². The third-order valence-electron chi connectivity index (χ3n) is 11.1. The molecule has 282 valence electrons. The third kappa shape index (κ3) is 7.20. The molecule has 1 aliphatic heterocycles. The zero-order chi connectivity index (χ0) is 38.6. The van der Waals surface area contributed by atoms with E-state index in [0.29, 0.717) is 5.84 Å². The summed E-state index contributed by atoms with van der Waals surface area (Å²) in [5.74, 6) is 0.472. The zero-order valence-corrected chi connectivity index (χ0v) is 34.2. The molecule has 0 bridgehead atoms.